The van der Waals surface area contributed by atoms with E-state index in [0.717, 1.165) is 11.5 Å². The van der Waals surface area contributed by atoms with Crippen molar-refractivity contribution in [2.24, 2.45) is 0 Å². The lowest BCUT2D eigenvalue weighted by atomic mass is 9.95. The first-order chi connectivity index (χ1) is 8.29. The van der Waals surface area contributed by atoms with Crippen LogP contribution in [-0.2, 0) is 5.41 Å². The molecule has 18 heavy (non-hydrogen) atoms. The summed E-state index contributed by atoms with van der Waals surface area (Å²) in [5.74, 6) is 0.755. The number of rotatable bonds is 1. The van der Waals surface area contributed by atoms with Crippen LogP contribution in [0, 0.1) is 0 Å². The van der Waals surface area contributed by atoms with Crippen molar-refractivity contribution in [3.05, 3.63) is 39.4 Å². The van der Waals surface area contributed by atoms with Gasteiger partial charge in [0, 0.05) is 15.5 Å². The summed E-state index contributed by atoms with van der Waals surface area (Å²) < 4.78 is 1.75. The van der Waals surface area contributed by atoms with Crippen molar-refractivity contribution in [2.75, 3.05) is 0 Å². The van der Waals surface area contributed by atoms with Gasteiger partial charge in [0.25, 0.3) is 0 Å². The fourth-order valence-corrected chi connectivity index (χ4v) is 2.38. The van der Waals surface area contributed by atoms with Gasteiger partial charge in [-0.1, -0.05) is 44.0 Å². The van der Waals surface area contributed by atoms with Crippen LogP contribution >= 0.6 is 34.8 Å². The molecule has 0 bridgehead atoms. The van der Waals surface area contributed by atoms with E-state index in [1.165, 1.54) is 0 Å². The molecule has 0 aliphatic rings. The second-order valence-corrected chi connectivity index (χ2v) is 6.22. The molecule has 2 rings (SSSR count). The van der Waals surface area contributed by atoms with Gasteiger partial charge in [-0.15, -0.1) is 10.2 Å². The van der Waals surface area contributed by atoms with Gasteiger partial charge in [-0.2, -0.15) is 0 Å². The van der Waals surface area contributed by atoms with Gasteiger partial charge < -0.3 is 0 Å². The molecule has 6 heteroatoms. The van der Waals surface area contributed by atoms with Crippen LogP contribution in [0.3, 0.4) is 0 Å². The minimum absolute atomic E-state index is 0.186. The Kier molecular flexibility index (Phi) is 3.58. The van der Waals surface area contributed by atoms with Crippen LogP contribution in [0.2, 0.25) is 15.3 Å². The monoisotopic (exact) mass is 303 g/mol. The van der Waals surface area contributed by atoms with E-state index in [1.54, 1.807) is 22.8 Å². The van der Waals surface area contributed by atoms with E-state index >= 15 is 0 Å². The van der Waals surface area contributed by atoms with Gasteiger partial charge in [0.1, 0.15) is 5.82 Å². The van der Waals surface area contributed by atoms with Crippen molar-refractivity contribution in [3.8, 4) is 5.69 Å². The third-order valence-corrected chi connectivity index (χ3v) is 3.08. The molecule has 1 aromatic heterocycles. The van der Waals surface area contributed by atoms with Crippen LogP contribution in [0.4, 0.5) is 0 Å². The Morgan fingerprint density at radius 1 is 0.944 bits per heavy atom. The summed E-state index contributed by atoms with van der Waals surface area (Å²) in [7, 11) is 0. The Morgan fingerprint density at radius 3 is 2.00 bits per heavy atom. The Hall–Kier alpha value is -0.770. The molecule has 2 aromatic rings. The smallest absolute Gasteiger partial charge is 0.229 e. The lowest BCUT2D eigenvalue weighted by molar-refractivity contribution is 0.533. The molecule has 0 unspecified atom stereocenters. The van der Waals surface area contributed by atoms with Crippen molar-refractivity contribution >= 4 is 34.8 Å². The van der Waals surface area contributed by atoms with Gasteiger partial charge >= 0.3 is 0 Å². The lowest BCUT2D eigenvalue weighted by Crippen LogP contribution is -2.18. The quantitative estimate of drug-likeness (QED) is 0.775. The Morgan fingerprint density at radius 2 is 1.50 bits per heavy atom. The molecule has 0 spiro atoms. The van der Waals surface area contributed by atoms with Crippen molar-refractivity contribution in [1.82, 2.24) is 14.8 Å². The van der Waals surface area contributed by atoms with E-state index in [2.05, 4.69) is 10.2 Å². The average molecular weight is 305 g/mol. The summed E-state index contributed by atoms with van der Waals surface area (Å²) in [4.78, 5) is 0. The molecular formula is C12H12Cl3N3. The molecule has 0 atom stereocenters. The minimum Gasteiger partial charge on any atom is -0.269 e. The van der Waals surface area contributed by atoms with Gasteiger partial charge in [0.05, 0.1) is 5.69 Å². The Balaban J connectivity index is 2.67. The van der Waals surface area contributed by atoms with E-state index in [9.17, 15) is 0 Å². The van der Waals surface area contributed by atoms with E-state index in [-0.39, 0.29) is 5.41 Å². The Bertz CT molecular complexity index is 564. The van der Waals surface area contributed by atoms with Crippen molar-refractivity contribution in [1.29, 1.82) is 0 Å². The Labute approximate surface area is 121 Å². The molecule has 0 N–H and O–H groups in total. The normalized spacial score (nSPS) is 11.9. The van der Waals surface area contributed by atoms with Gasteiger partial charge in [-0.3, -0.25) is 4.57 Å². The molecule has 0 saturated heterocycles. The molecule has 0 radical (unpaired) electrons. The molecule has 0 saturated carbocycles. The molecule has 1 heterocycles. The van der Waals surface area contributed by atoms with E-state index in [4.69, 9.17) is 34.8 Å². The highest BCUT2D eigenvalue weighted by Gasteiger charge is 2.24. The molecular weight excluding hydrogens is 293 g/mol. The SMILES string of the molecule is CC(C)(C)c1nnc(Cl)n1-c1cc(Cl)cc(Cl)c1. The topological polar surface area (TPSA) is 30.7 Å². The summed E-state index contributed by atoms with van der Waals surface area (Å²) in [5, 5.41) is 9.41. The van der Waals surface area contributed by atoms with Crippen LogP contribution in [0.5, 0.6) is 0 Å². The maximum absolute atomic E-state index is 6.09. The fourth-order valence-electron chi connectivity index (χ4n) is 1.65. The molecule has 3 nitrogen and oxygen atoms in total. The average Bonchev–Trinajstić information content (AvgIpc) is 2.57. The highest BCUT2D eigenvalue weighted by atomic mass is 35.5. The van der Waals surface area contributed by atoms with Gasteiger partial charge in [0.2, 0.25) is 5.28 Å². The number of hydrogen-bond acceptors (Lipinski definition) is 2. The fraction of sp³-hybridized carbons (Fsp3) is 0.333. The maximum Gasteiger partial charge on any atom is 0.229 e. The van der Waals surface area contributed by atoms with Crippen LogP contribution in [0.25, 0.3) is 5.69 Å². The van der Waals surface area contributed by atoms with E-state index in [0.29, 0.717) is 15.3 Å². The van der Waals surface area contributed by atoms with Crippen molar-refractivity contribution in [3.63, 3.8) is 0 Å². The predicted octanol–water partition coefficient (Wildman–Crippen LogP) is 4.53. The number of hydrogen-bond donors (Lipinski definition) is 0. The number of aromatic nitrogens is 3. The summed E-state index contributed by atoms with van der Waals surface area (Å²) in [6, 6.07) is 5.22. The summed E-state index contributed by atoms with van der Waals surface area (Å²) in [6.07, 6.45) is 0. The molecule has 0 aliphatic heterocycles. The molecule has 1 aromatic carbocycles. The van der Waals surface area contributed by atoms with Crippen LogP contribution in [0.1, 0.15) is 26.6 Å². The highest BCUT2D eigenvalue weighted by Crippen LogP contribution is 2.29. The summed E-state index contributed by atoms with van der Waals surface area (Å²) >= 11 is 18.1. The number of halogens is 3. The molecule has 0 fully saturated rings. The zero-order valence-electron chi connectivity index (χ0n) is 10.2. The van der Waals surface area contributed by atoms with Gasteiger partial charge in [-0.25, -0.2) is 0 Å². The molecule has 0 amide bonds. The molecule has 0 aliphatic carbocycles. The van der Waals surface area contributed by atoms with Gasteiger partial charge in [-0.05, 0) is 29.8 Å². The summed E-state index contributed by atoms with van der Waals surface area (Å²) in [6.45, 7) is 6.11. The maximum atomic E-state index is 6.09. The highest BCUT2D eigenvalue weighted by molar-refractivity contribution is 6.35. The summed E-state index contributed by atoms with van der Waals surface area (Å²) in [5.41, 5.74) is 0.571. The minimum atomic E-state index is -0.186. The van der Waals surface area contributed by atoms with Gasteiger partial charge in [0.15, 0.2) is 0 Å². The van der Waals surface area contributed by atoms with Crippen LogP contribution in [0.15, 0.2) is 18.2 Å². The van der Waals surface area contributed by atoms with Crippen LogP contribution < -0.4 is 0 Å². The second kappa shape index (κ2) is 4.72. The van der Waals surface area contributed by atoms with Crippen LogP contribution in [-0.4, -0.2) is 14.8 Å². The third kappa shape index (κ3) is 2.63. The van der Waals surface area contributed by atoms with Crippen molar-refractivity contribution < 1.29 is 0 Å². The predicted molar refractivity (Wildman–Crippen MR) is 75.1 cm³/mol. The zero-order valence-corrected chi connectivity index (χ0v) is 12.5. The third-order valence-electron chi connectivity index (χ3n) is 2.40. The standard InChI is InChI=1S/C12H12Cl3N3/c1-12(2,3)10-16-17-11(15)18(10)9-5-7(13)4-8(14)6-9/h4-6H,1-3H3. The first-order valence-corrected chi connectivity index (χ1v) is 6.50. The lowest BCUT2D eigenvalue weighted by Gasteiger charge is -2.19. The number of nitrogens with zero attached hydrogens (tertiary/aromatic N) is 3. The first kappa shape index (κ1) is 13.7. The second-order valence-electron chi connectivity index (χ2n) is 5.01. The van der Waals surface area contributed by atoms with E-state index < -0.39 is 0 Å². The number of benzene rings is 1. The first-order valence-electron chi connectivity index (χ1n) is 5.37. The zero-order chi connectivity index (χ0) is 13.5. The largest absolute Gasteiger partial charge is 0.269 e. The van der Waals surface area contributed by atoms with E-state index in [1.807, 2.05) is 20.8 Å². The van der Waals surface area contributed by atoms with Crippen molar-refractivity contribution in [2.45, 2.75) is 26.2 Å². The molecule has 96 valence electrons.